The van der Waals surface area contributed by atoms with Gasteiger partial charge in [-0.25, -0.2) is 14.5 Å². The highest BCUT2D eigenvalue weighted by Crippen LogP contribution is 2.46. The van der Waals surface area contributed by atoms with Crippen LogP contribution in [-0.4, -0.2) is 46.4 Å². The van der Waals surface area contributed by atoms with Crippen molar-refractivity contribution in [3.63, 3.8) is 0 Å². The van der Waals surface area contributed by atoms with Crippen LogP contribution in [0.25, 0.3) is 21.9 Å². The molecule has 4 rings (SSSR count). The van der Waals surface area contributed by atoms with Crippen LogP contribution in [0.5, 0.6) is 5.75 Å². The molecule has 12 heteroatoms. The number of carbonyl (C=O) groups excluding carboxylic acids is 1. The molecule has 0 amide bonds. The zero-order chi connectivity index (χ0) is 31.0. The molecular formula is C31H42N5O6P. The minimum Gasteiger partial charge on any atom is -0.465 e. The van der Waals surface area contributed by atoms with E-state index in [9.17, 15) is 9.36 Å². The highest BCUT2D eigenvalue weighted by atomic mass is 31.2. The molecular weight excluding hydrogens is 569 g/mol. The number of para-hydroxylation sites is 2. The van der Waals surface area contributed by atoms with E-state index in [4.69, 9.17) is 29.2 Å². The lowest BCUT2D eigenvalue weighted by Crippen LogP contribution is -2.36. The molecule has 3 atom stereocenters. The van der Waals surface area contributed by atoms with Gasteiger partial charge in [-0.05, 0) is 44.4 Å². The van der Waals surface area contributed by atoms with Crippen LogP contribution in [0.3, 0.4) is 0 Å². The number of nitrogens with two attached hydrogens (primary N) is 1. The quantitative estimate of drug-likeness (QED) is 0.0828. The second kappa shape index (κ2) is 14.8. The Morgan fingerprint density at radius 1 is 1.05 bits per heavy atom. The maximum atomic E-state index is 14.3. The van der Waals surface area contributed by atoms with Gasteiger partial charge in [-0.15, -0.1) is 0 Å². The van der Waals surface area contributed by atoms with Crippen LogP contribution < -0.4 is 15.3 Å². The number of esters is 1. The molecule has 0 saturated carbocycles. The van der Waals surface area contributed by atoms with Gasteiger partial charge in [0.1, 0.15) is 29.7 Å². The van der Waals surface area contributed by atoms with E-state index in [2.05, 4.69) is 10.1 Å². The summed E-state index contributed by atoms with van der Waals surface area (Å²) >= 11 is 0. The molecule has 0 aliphatic rings. The van der Waals surface area contributed by atoms with Crippen molar-refractivity contribution in [3.05, 3.63) is 60.4 Å². The van der Waals surface area contributed by atoms with Crippen LogP contribution in [0.4, 0.5) is 5.82 Å². The van der Waals surface area contributed by atoms with Crippen molar-refractivity contribution in [2.45, 2.75) is 66.2 Å². The zero-order valence-corrected chi connectivity index (χ0v) is 26.4. The molecule has 43 heavy (non-hydrogen) atoms. The molecule has 3 N–H and O–H groups in total. The molecule has 11 nitrogen and oxygen atoms in total. The van der Waals surface area contributed by atoms with Crippen molar-refractivity contribution in [2.75, 3.05) is 25.6 Å². The maximum Gasteiger partial charge on any atom is 0.459 e. The van der Waals surface area contributed by atoms with Crippen molar-refractivity contribution in [1.29, 1.82) is 0 Å². The Bertz CT molecular complexity index is 1560. The van der Waals surface area contributed by atoms with Crippen molar-refractivity contribution in [2.24, 2.45) is 5.92 Å². The van der Waals surface area contributed by atoms with Crippen LogP contribution in [0, 0.1) is 5.92 Å². The largest absolute Gasteiger partial charge is 0.465 e. The Labute approximate surface area is 252 Å². The highest BCUT2D eigenvalue weighted by Gasteiger charge is 2.35. The number of unbranched alkanes of at least 4 members (excludes halogenated alkanes) is 1. The fourth-order valence-electron chi connectivity index (χ4n) is 4.70. The Morgan fingerprint density at radius 2 is 1.77 bits per heavy atom. The van der Waals surface area contributed by atoms with Crippen molar-refractivity contribution in [3.8, 4) is 5.75 Å². The van der Waals surface area contributed by atoms with E-state index in [1.807, 2.05) is 62.6 Å². The topological polar surface area (TPSA) is 140 Å². The molecule has 0 aliphatic heterocycles. The van der Waals surface area contributed by atoms with Gasteiger partial charge in [0, 0.05) is 12.0 Å². The second-order valence-electron chi connectivity index (χ2n) is 10.6. The zero-order valence-electron chi connectivity index (χ0n) is 25.5. The minimum absolute atomic E-state index is 0.00691. The van der Waals surface area contributed by atoms with E-state index < -0.39 is 19.8 Å². The average molecular weight is 612 g/mol. The molecule has 4 aromatic rings. The number of nitrogen functional groups attached to an aromatic ring is 1. The summed E-state index contributed by atoms with van der Waals surface area (Å²) in [4.78, 5) is 22.1. The van der Waals surface area contributed by atoms with Crippen LogP contribution in [0.2, 0.25) is 0 Å². The molecule has 0 unspecified atom stereocenters. The molecule has 0 spiro atoms. The van der Waals surface area contributed by atoms with E-state index in [1.54, 1.807) is 31.2 Å². The Kier molecular flexibility index (Phi) is 11.2. The standard InChI is InChI=1S/C31H42N5O6P/c1-6-8-18-40-31(37)22(5)35-43(38,42-23-14-10-9-11-15-23)41-19-26(21(3)4)36-27(20-39-7-2)34-28-29(36)24-16-12-13-17-25(24)33-30(28)32/h9-17,21-22,26H,6-8,18-20H2,1-5H3,(H2,32,33)(H,35,38)/t22-,26-,43-/m0/s1. The summed E-state index contributed by atoms with van der Waals surface area (Å²) in [5, 5.41) is 3.66. The second-order valence-corrected chi connectivity index (χ2v) is 12.3. The summed E-state index contributed by atoms with van der Waals surface area (Å²) in [6.07, 6.45) is 1.62. The third-order valence-electron chi connectivity index (χ3n) is 6.99. The van der Waals surface area contributed by atoms with Gasteiger partial charge in [-0.3, -0.25) is 9.32 Å². The minimum atomic E-state index is -4.09. The number of fused-ring (bicyclic) bond motifs is 3. The molecule has 0 fully saturated rings. The lowest BCUT2D eigenvalue weighted by molar-refractivity contribution is -0.145. The molecule has 0 bridgehead atoms. The van der Waals surface area contributed by atoms with E-state index in [1.165, 1.54) is 0 Å². The van der Waals surface area contributed by atoms with Gasteiger partial charge in [-0.1, -0.05) is 63.6 Å². The smallest absolute Gasteiger partial charge is 0.459 e. The first-order valence-electron chi connectivity index (χ1n) is 14.7. The molecule has 0 radical (unpaired) electrons. The summed E-state index contributed by atoms with van der Waals surface area (Å²) in [6.45, 7) is 10.6. The molecule has 232 valence electrons. The lowest BCUT2D eigenvalue weighted by atomic mass is 10.0. The fraction of sp³-hybridized carbons (Fsp3) is 0.452. The summed E-state index contributed by atoms with van der Waals surface area (Å²) in [5.74, 6) is 0.740. The summed E-state index contributed by atoms with van der Waals surface area (Å²) in [7, 11) is -4.09. The molecule has 2 aromatic heterocycles. The normalized spacial score (nSPS) is 14.6. The number of hydrogen-bond donors (Lipinski definition) is 2. The molecule has 2 heterocycles. The number of benzene rings is 2. The van der Waals surface area contributed by atoms with Crippen LogP contribution in [0.1, 0.15) is 59.3 Å². The Balaban J connectivity index is 1.72. The van der Waals surface area contributed by atoms with Gasteiger partial charge in [0.15, 0.2) is 5.82 Å². The monoisotopic (exact) mass is 611 g/mol. The van der Waals surface area contributed by atoms with E-state index in [0.29, 0.717) is 29.5 Å². The van der Waals surface area contributed by atoms with Gasteiger partial charge in [0.25, 0.3) is 0 Å². The SMILES string of the molecule is CCCCOC(=O)[C@H](C)N[P@](=O)(OC[C@@H](C(C)C)n1c(COCC)nc2c(N)nc3ccccc3c21)Oc1ccccc1. The number of pyridine rings is 1. The van der Waals surface area contributed by atoms with E-state index in [0.717, 1.165) is 29.3 Å². The Morgan fingerprint density at radius 3 is 2.47 bits per heavy atom. The van der Waals surface area contributed by atoms with Gasteiger partial charge in [-0.2, -0.15) is 5.09 Å². The van der Waals surface area contributed by atoms with Gasteiger partial charge >= 0.3 is 13.7 Å². The van der Waals surface area contributed by atoms with Crippen molar-refractivity contribution < 1.29 is 27.9 Å². The van der Waals surface area contributed by atoms with Gasteiger partial charge < -0.3 is 24.3 Å². The number of nitrogens with one attached hydrogen (secondary N) is 1. The first-order chi connectivity index (χ1) is 20.7. The number of carbonyl (C=O) groups is 1. The number of anilines is 1. The predicted octanol–water partition coefficient (Wildman–Crippen LogP) is 6.43. The number of imidazole rings is 1. The summed E-state index contributed by atoms with van der Waals surface area (Å²) in [5.41, 5.74) is 8.47. The maximum absolute atomic E-state index is 14.3. The molecule has 0 saturated heterocycles. The van der Waals surface area contributed by atoms with E-state index in [-0.39, 0.29) is 31.8 Å². The lowest BCUT2D eigenvalue weighted by Gasteiger charge is -2.29. The van der Waals surface area contributed by atoms with Gasteiger partial charge in [0.05, 0.1) is 30.3 Å². The number of aromatic nitrogens is 3. The summed E-state index contributed by atoms with van der Waals surface area (Å²) < 4.78 is 39.5. The first-order valence-corrected chi connectivity index (χ1v) is 16.3. The fourth-order valence-corrected chi connectivity index (χ4v) is 6.21. The van der Waals surface area contributed by atoms with Crippen molar-refractivity contribution >= 4 is 41.5 Å². The van der Waals surface area contributed by atoms with Gasteiger partial charge in [0.2, 0.25) is 0 Å². The first kappa shape index (κ1) is 32.4. The number of hydrogen-bond acceptors (Lipinski definition) is 9. The molecule has 0 aliphatic carbocycles. The number of rotatable bonds is 16. The highest BCUT2D eigenvalue weighted by molar-refractivity contribution is 7.52. The van der Waals surface area contributed by atoms with Crippen LogP contribution in [-0.2, 0) is 30.0 Å². The Hall–Kier alpha value is -3.50. The van der Waals surface area contributed by atoms with Crippen LogP contribution >= 0.6 is 7.75 Å². The number of ether oxygens (including phenoxy) is 2. The number of nitrogens with zero attached hydrogens (tertiary/aromatic N) is 3. The molecule has 2 aromatic carbocycles. The summed E-state index contributed by atoms with van der Waals surface area (Å²) in [6, 6.07) is 15.1. The van der Waals surface area contributed by atoms with E-state index >= 15 is 0 Å². The third kappa shape index (κ3) is 7.92. The third-order valence-corrected chi connectivity index (χ3v) is 8.64. The van der Waals surface area contributed by atoms with Crippen LogP contribution in [0.15, 0.2) is 54.6 Å². The average Bonchev–Trinajstić information content (AvgIpc) is 3.36. The predicted molar refractivity (Wildman–Crippen MR) is 168 cm³/mol. The van der Waals surface area contributed by atoms with Crippen molar-refractivity contribution in [1.82, 2.24) is 19.6 Å².